The normalized spacial score (nSPS) is 18.1. The number of aliphatic hydroxyl groups is 1. The van der Waals surface area contributed by atoms with Crippen molar-refractivity contribution in [3.8, 4) is 0 Å². The van der Waals surface area contributed by atoms with Gasteiger partial charge in [0.2, 0.25) is 0 Å². The highest BCUT2D eigenvalue weighted by Crippen LogP contribution is 2.44. The number of ether oxygens (including phenoxy) is 3. The molecule has 0 amide bonds. The molecule has 0 radical (unpaired) electrons. The summed E-state index contributed by atoms with van der Waals surface area (Å²) in [5, 5.41) is 9.74. The molecule has 16 heteroatoms. The van der Waals surface area contributed by atoms with E-state index in [4.69, 9.17) is 28.5 Å². The van der Waals surface area contributed by atoms with Crippen LogP contribution in [-0.2, 0) is 46.5 Å². The van der Waals surface area contributed by atoms with E-state index in [-0.39, 0.29) is 12.8 Å². The summed E-state index contributed by atoms with van der Waals surface area (Å²) >= 11 is 0. The van der Waals surface area contributed by atoms with Crippen LogP contribution in [0.15, 0.2) is 72.9 Å². The van der Waals surface area contributed by atoms with Crippen molar-refractivity contribution in [2.45, 2.75) is 167 Å². The van der Waals surface area contributed by atoms with Crippen molar-refractivity contribution < 1.29 is 66.3 Å². The van der Waals surface area contributed by atoms with Crippen LogP contribution >= 0.6 is 15.6 Å². The van der Waals surface area contributed by atoms with Crippen LogP contribution in [0.3, 0.4) is 0 Å². The van der Waals surface area contributed by atoms with Crippen molar-refractivity contribution in [3.05, 3.63) is 72.9 Å². The molecule has 344 valence electrons. The van der Waals surface area contributed by atoms with Gasteiger partial charge in [0, 0.05) is 12.8 Å². The van der Waals surface area contributed by atoms with Crippen LogP contribution in [0.4, 0.5) is 0 Å². The molecule has 14 nitrogen and oxygen atoms in total. The minimum atomic E-state index is -4.87. The Kier molecular flexibility index (Phi) is 33.4. The molecule has 0 saturated carbocycles. The van der Waals surface area contributed by atoms with E-state index in [1.807, 2.05) is 18.2 Å². The number of rotatable bonds is 39. The molecule has 3 unspecified atom stereocenters. The summed E-state index contributed by atoms with van der Waals surface area (Å²) in [7, 11) is -9.70. The standard InChI is InChI=1S/C44H74O14P2/c1-3-5-7-8-9-10-11-12-17-20-23-26-30-34-44(47)57-40(38-56-60(51,52)55-36-39(45)35-54-59(48,49)50)37-53-43(46)33-29-25-22-19-16-14-13-15-18-21-24-28-32-42-41(58-42)31-27-6-4-2/h6,10-11,14-16,18,22,24-25,27-28,39-42,45H,3-5,7-9,12-13,17,19-21,23,26,29-38H2,1-2H3,(H,51,52)(H2,48,49,50)/b11-10-,16-14-,18-15-,25-22-,27-6-,28-24-/t39-,40+,41?,42?/m0/s1. The predicted molar refractivity (Wildman–Crippen MR) is 234 cm³/mol. The van der Waals surface area contributed by atoms with E-state index in [0.717, 1.165) is 70.6 Å². The third kappa shape index (κ3) is 36.2. The Hall–Kier alpha value is -2.48. The van der Waals surface area contributed by atoms with E-state index in [1.165, 1.54) is 25.7 Å². The minimum Gasteiger partial charge on any atom is -0.462 e. The van der Waals surface area contributed by atoms with E-state index in [2.05, 4.69) is 77.6 Å². The predicted octanol–water partition coefficient (Wildman–Crippen LogP) is 9.99. The van der Waals surface area contributed by atoms with Gasteiger partial charge in [0.25, 0.3) is 0 Å². The number of phosphoric acid groups is 2. The fourth-order valence-corrected chi connectivity index (χ4v) is 6.74. The monoisotopic (exact) mass is 888 g/mol. The molecular formula is C44H74O14P2. The second-order valence-electron chi connectivity index (χ2n) is 14.6. The summed E-state index contributed by atoms with van der Waals surface area (Å²) in [4.78, 5) is 52.6. The Balaban J connectivity index is 2.40. The molecule has 0 bridgehead atoms. The average Bonchev–Trinajstić information content (AvgIpc) is 3.96. The van der Waals surface area contributed by atoms with Crippen LogP contribution < -0.4 is 0 Å². The Labute approximate surface area is 359 Å². The molecule has 0 aliphatic carbocycles. The zero-order valence-corrected chi connectivity index (χ0v) is 37.8. The number of carbonyl (C=O) groups excluding carboxylic acids is 2. The third-order valence-corrected chi connectivity index (χ3v) is 10.4. The van der Waals surface area contributed by atoms with Crippen LogP contribution in [-0.4, -0.2) is 82.6 Å². The number of allylic oxidation sites excluding steroid dienone is 10. The molecule has 0 aromatic carbocycles. The number of esters is 2. The first-order chi connectivity index (χ1) is 28.8. The topological polar surface area (TPSA) is 208 Å². The highest BCUT2D eigenvalue weighted by Gasteiger charge is 2.36. The maximum atomic E-state index is 12.6. The molecule has 1 rings (SSSR count). The zero-order chi connectivity index (χ0) is 44.2. The maximum absolute atomic E-state index is 12.6. The summed E-state index contributed by atoms with van der Waals surface area (Å²) < 4.78 is 53.3. The second-order valence-corrected chi connectivity index (χ2v) is 17.3. The van der Waals surface area contributed by atoms with Crippen LogP contribution in [0.2, 0.25) is 0 Å². The van der Waals surface area contributed by atoms with Crippen molar-refractivity contribution >= 4 is 27.6 Å². The van der Waals surface area contributed by atoms with Crippen LogP contribution in [0, 0.1) is 0 Å². The van der Waals surface area contributed by atoms with E-state index < -0.39 is 66.2 Å². The lowest BCUT2D eigenvalue weighted by Gasteiger charge is -2.20. The fraction of sp³-hybridized carbons (Fsp3) is 0.682. The molecule has 5 atom stereocenters. The smallest absolute Gasteiger partial charge is 0.462 e. The van der Waals surface area contributed by atoms with Gasteiger partial charge in [-0.05, 0) is 77.0 Å². The molecule has 1 saturated heterocycles. The first kappa shape index (κ1) is 55.5. The van der Waals surface area contributed by atoms with E-state index in [0.29, 0.717) is 31.5 Å². The van der Waals surface area contributed by atoms with Gasteiger partial charge in [-0.1, -0.05) is 125 Å². The first-order valence-corrected chi connectivity index (χ1v) is 24.8. The van der Waals surface area contributed by atoms with Gasteiger partial charge in [-0.25, -0.2) is 9.13 Å². The SMILES string of the molecule is CC/C=C\CC1OC1C/C=C\C/C=C\C/C=C\C/C=C\CCC(=O)OC[C@H](COP(=O)(O)OC[C@@H](O)COP(=O)(O)O)OC(=O)CCCCCCC/C=C\CCCCCC. The molecular weight excluding hydrogens is 814 g/mol. The number of carbonyl (C=O) groups is 2. The molecule has 1 aliphatic heterocycles. The first-order valence-electron chi connectivity index (χ1n) is 21.8. The third-order valence-electron chi connectivity index (χ3n) is 8.98. The molecule has 0 aromatic heterocycles. The van der Waals surface area contributed by atoms with E-state index >= 15 is 0 Å². The number of unbranched alkanes of at least 4 members (excludes halogenated alkanes) is 9. The quantitative estimate of drug-likeness (QED) is 0.0149. The molecule has 1 fully saturated rings. The second kappa shape index (κ2) is 36.0. The molecule has 0 aromatic rings. The van der Waals surface area contributed by atoms with Gasteiger partial charge in [0.05, 0.1) is 32.0 Å². The van der Waals surface area contributed by atoms with E-state index in [9.17, 15) is 28.7 Å². The van der Waals surface area contributed by atoms with Gasteiger partial charge in [0.15, 0.2) is 6.10 Å². The lowest BCUT2D eigenvalue weighted by Crippen LogP contribution is -2.29. The van der Waals surface area contributed by atoms with Crippen LogP contribution in [0.1, 0.15) is 142 Å². The van der Waals surface area contributed by atoms with Gasteiger partial charge >= 0.3 is 27.6 Å². The maximum Gasteiger partial charge on any atom is 0.472 e. The lowest BCUT2D eigenvalue weighted by atomic mass is 10.1. The minimum absolute atomic E-state index is 0.0619. The van der Waals surface area contributed by atoms with Crippen molar-refractivity contribution in [2.24, 2.45) is 0 Å². The van der Waals surface area contributed by atoms with Gasteiger partial charge < -0.3 is 34.0 Å². The summed E-state index contributed by atoms with van der Waals surface area (Å²) in [6, 6.07) is 0. The molecule has 0 spiro atoms. The highest BCUT2D eigenvalue weighted by molar-refractivity contribution is 7.47. The molecule has 4 N–H and O–H groups in total. The van der Waals surface area contributed by atoms with Gasteiger partial charge in [-0.15, -0.1) is 0 Å². The zero-order valence-electron chi connectivity index (χ0n) is 36.0. The number of phosphoric ester groups is 2. The lowest BCUT2D eigenvalue weighted by molar-refractivity contribution is -0.161. The Morgan fingerprint density at radius 1 is 0.583 bits per heavy atom. The Morgan fingerprint density at radius 2 is 1.10 bits per heavy atom. The largest absolute Gasteiger partial charge is 0.472 e. The number of hydrogen-bond acceptors (Lipinski definition) is 11. The van der Waals surface area contributed by atoms with Crippen molar-refractivity contribution in [1.29, 1.82) is 0 Å². The summed E-state index contributed by atoms with van der Waals surface area (Å²) in [5.41, 5.74) is 0. The number of epoxide rings is 1. The fourth-order valence-electron chi connectivity index (χ4n) is 5.58. The van der Waals surface area contributed by atoms with Gasteiger partial charge in [0.1, 0.15) is 12.7 Å². The number of hydrogen-bond donors (Lipinski definition) is 4. The van der Waals surface area contributed by atoms with Crippen molar-refractivity contribution in [1.82, 2.24) is 0 Å². The van der Waals surface area contributed by atoms with E-state index in [1.54, 1.807) is 0 Å². The summed E-state index contributed by atoms with van der Waals surface area (Å²) in [6.07, 6.45) is 40.9. The Morgan fingerprint density at radius 3 is 1.72 bits per heavy atom. The molecule has 1 aliphatic rings. The van der Waals surface area contributed by atoms with Gasteiger partial charge in [-0.2, -0.15) is 0 Å². The Bertz CT molecular complexity index is 1400. The summed E-state index contributed by atoms with van der Waals surface area (Å²) in [5.74, 6) is -1.15. The molecule has 60 heavy (non-hydrogen) atoms. The van der Waals surface area contributed by atoms with Crippen LogP contribution in [0.5, 0.6) is 0 Å². The van der Waals surface area contributed by atoms with Crippen molar-refractivity contribution in [3.63, 3.8) is 0 Å². The van der Waals surface area contributed by atoms with Crippen LogP contribution in [0.25, 0.3) is 0 Å². The number of aliphatic hydroxyl groups excluding tert-OH is 1. The highest BCUT2D eigenvalue weighted by atomic mass is 31.2. The summed E-state index contributed by atoms with van der Waals surface area (Å²) in [6.45, 7) is 1.51. The average molecular weight is 889 g/mol. The molecule has 1 heterocycles. The van der Waals surface area contributed by atoms with Gasteiger partial charge in [-0.3, -0.25) is 23.2 Å². The van der Waals surface area contributed by atoms with Crippen molar-refractivity contribution in [2.75, 3.05) is 26.4 Å².